The fourth-order valence-electron chi connectivity index (χ4n) is 2.29. The summed E-state index contributed by atoms with van der Waals surface area (Å²) < 4.78 is 0. The van der Waals surface area contributed by atoms with Crippen LogP contribution in [0.25, 0.3) is 0 Å². The summed E-state index contributed by atoms with van der Waals surface area (Å²) >= 11 is 0. The molecule has 25 heavy (non-hydrogen) atoms. The maximum absolute atomic E-state index is 12.4. The van der Waals surface area contributed by atoms with Crippen LogP contribution in [0, 0.1) is 0 Å². The number of nitrogens with zero attached hydrogens (tertiary/aromatic N) is 2. The number of amides is 2. The third-order valence-electron chi connectivity index (χ3n) is 3.67. The van der Waals surface area contributed by atoms with Crippen LogP contribution in [0.3, 0.4) is 0 Å². The molecule has 0 radical (unpaired) electrons. The summed E-state index contributed by atoms with van der Waals surface area (Å²) in [6.45, 7) is 6.25. The van der Waals surface area contributed by atoms with Crippen LogP contribution in [0.2, 0.25) is 0 Å². The van der Waals surface area contributed by atoms with E-state index in [1.165, 1.54) is 12.4 Å². The van der Waals surface area contributed by atoms with E-state index < -0.39 is 17.5 Å². The quantitative estimate of drug-likeness (QED) is 0.867. The molecule has 0 aliphatic rings. The zero-order chi connectivity index (χ0) is 18.3. The van der Waals surface area contributed by atoms with Crippen LogP contribution in [0.5, 0.6) is 0 Å². The molecule has 6 heteroatoms. The van der Waals surface area contributed by atoms with Gasteiger partial charge in [0, 0.05) is 30.0 Å². The normalized spacial score (nSPS) is 10.8. The van der Waals surface area contributed by atoms with Crippen molar-refractivity contribution in [2.45, 2.75) is 32.7 Å². The highest BCUT2D eigenvalue weighted by Crippen LogP contribution is 2.15. The number of benzene rings is 1. The van der Waals surface area contributed by atoms with Gasteiger partial charge in [0.25, 0.3) is 5.91 Å². The van der Waals surface area contributed by atoms with Crippen molar-refractivity contribution in [3.63, 3.8) is 0 Å². The smallest absolute Gasteiger partial charge is 0.321 e. The molecule has 0 saturated heterocycles. The van der Waals surface area contributed by atoms with Crippen LogP contribution < -0.4 is 5.48 Å². The molecular formula is C19H23N3O3. The van der Waals surface area contributed by atoms with Gasteiger partial charge in [0.1, 0.15) is 0 Å². The van der Waals surface area contributed by atoms with Gasteiger partial charge in [0.15, 0.2) is 0 Å². The van der Waals surface area contributed by atoms with Crippen molar-refractivity contribution in [2.24, 2.45) is 0 Å². The number of hydrogen-bond acceptors (Lipinski definition) is 4. The molecule has 6 nitrogen and oxygen atoms in total. The van der Waals surface area contributed by atoms with Gasteiger partial charge in [-0.1, -0.05) is 30.3 Å². The molecule has 2 amide bonds. The van der Waals surface area contributed by atoms with E-state index in [-0.39, 0.29) is 0 Å². The van der Waals surface area contributed by atoms with Gasteiger partial charge in [-0.25, -0.2) is 4.79 Å². The Labute approximate surface area is 147 Å². The molecule has 0 aliphatic heterocycles. The first-order chi connectivity index (χ1) is 11.9. The van der Waals surface area contributed by atoms with Crippen LogP contribution in [-0.4, -0.2) is 34.0 Å². The van der Waals surface area contributed by atoms with Gasteiger partial charge in [-0.3, -0.25) is 9.78 Å². The Bertz CT molecular complexity index is 697. The molecule has 1 aromatic heterocycles. The van der Waals surface area contributed by atoms with Gasteiger partial charge in [-0.05, 0) is 44.9 Å². The van der Waals surface area contributed by atoms with E-state index in [4.69, 9.17) is 4.84 Å². The third-order valence-corrected chi connectivity index (χ3v) is 3.67. The lowest BCUT2D eigenvalue weighted by Crippen LogP contribution is -2.48. The first-order valence-corrected chi connectivity index (χ1v) is 8.10. The van der Waals surface area contributed by atoms with Crippen molar-refractivity contribution in [3.8, 4) is 0 Å². The maximum atomic E-state index is 12.4. The fraction of sp³-hybridized carbons (Fsp3) is 0.316. The summed E-state index contributed by atoms with van der Waals surface area (Å²) in [5.74, 6) is -0.493. The topological polar surface area (TPSA) is 71.5 Å². The highest BCUT2D eigenvalue weighted by Gasteiger charge is 2.28. The molecule has 0 fully saturated rings. The van der Waals surface area contributed by atoms with Crippen molar-refractivity contribution < 1.29 is 14.4 Å². The lowest BCUT2D eigenvalue weighted by atomic mass is 10.1. The third kappa shape index (κ3) is 5.60. The monoisotopic (exact) mass is 341 g/mol. The van der Waals surface area contributed by atoms with Crippen molar-refractivity contribution in [1.29, 1.82) is 0 Å². The lowest BCUT2D eigenvalue weighted by Gasteiger charge is -2.34. The highest BCUT2D eigenvalue weighted by atomic mass is 16.7. The summed E-state index contributed by atoms with van der Waals surface area (Å²) in [6, 6.07) is 13.0. The molecular weight excluding hydrogens is 318 g/mol. The van der Waals surface area contributed by atoms with Crippen LogP contribution in [-0.2, 0) is 11.3 Å². The van der Waals surface area contributed by atoms with Crippen LogP contribution >= 0.6 is 0 Å². The average molecular weight is 341 g/mol. The van der Waals surface area contributed by atoms with Gasteiger partial charge >= 0.3 is 6.09 Å². The number of nitrogens with one attached hydrogen (secondary N) is 1. The predicted molar refractivity (Wildman–Crippen MR) is 94.8 cm³/mol. The van der Waals surface area contributed by atoms with Crippen molar-refractivity contribution >= 4 is 12.0 Å². The number of hydroxylamine groups is 1. The first kappa shape index (κ1) is 18.4. The Morgan fingerprint density at radius 2 is 1.72 bits per heavy atom. The summed E-state index contributed by atoms with van der Waals surface area (Å²) in [6.07, 6.45) is 3.10. The van der Waals surface area contributed by atoms with E-state index in [9.17, 15) is 9.59 Å². The average Bonchev–Trinajstić information content (AvgIpc) is 2.60. The number of aromatic nitrogens is 1. The number of hydrogen-bond donors (Lipinski definition) is 1. The number of rotatable bonds is 4. The number of carbonyl (C=O) groups is 2. The molecule has 0 aliphatic carbocycles. The highest BCUT2D eigenvalue weighted by molar-refractivity contribution is 5.93. The Morgan fingerprint density at radius 3 is 2.32 bits per heavy atom. The van der Waals surface area contributed by atoms with E-state index in [1.54, 1.807) is 17.0 Å². The van der Waals surface area contributed by atoms with E-state index >= 15 is 0 Å². The van der Waals surface area contributed by atoms with Crippen molar-refractivity contribution in [1.82, 2.24) is 15.4 Å². The lowest BCUT2D eigenvalue weighted by molar-refractivity contribution is 0.0266. The SMILES string of the molecule is CC(C)(C)N(CCc1ccccc1)C(=O)ONC(=O)c1ccncc1. The van der Waals surface area contributed by atoms with E-state index in [0.717, 1.165) is 5.56 Å². The van der Waals surface area contributed by atoms with Crippen LogP contribution in [0.4, 0.5) is 4.79 Å². The summed E-state index contributed by atoms with van der Waals surface area (Å²) in [4.78, 5) is 34.8. The Hall–Kier alpha value is -2.89. The predicted octanol–water partition coefficient (Wildman–Crippen LogP) is 3.21. The molecule has 0 atom stereocenters. The van der Waals surface area contributed by atoms with Crippen molar-refractivity contribution in [2.75, 3.05) is 6.54 Å². The molecule has 0 spiro atoms. The molecule has 1 aromatic carbocycles. The fourth-order valence-corrected chi connectivity index (χ4v) is 2.29. The minimum atomic E-state index is -0.592. The number of pyridine rings is 1. The first-order valence-electron chi connectivity index (χ1n) is 8.10. The molecule has 132 valence electrons. The van der Waals surface area contributed by atoms with E-state index in [0.29, 0.717) is 18.5 Å². The largest absolute Gasteiger partial charge is 0.434 e. The van der Waals surface area contributed by atoms with Gasteiger partial charge < -0.3 is 9.74 Å². The minimum Gasteiger partial charge on any atom is -0.321 e. The summed E-state index contributed by atoms with van der Waals surface area (Å²) in [5.41, 5.74) is 3.25. The van der Waals surface area contributed by atoms with Gasteiger partial charge in [0.05, 0.1) is 0 Å². The minimum absolute atomic E-state index is 0.370. The Balaban J connectivity index is 1.95. The molecule has 1 heterocycles. The molecule has 0 unspecified atom stereocenters. The van der Waals surface area contributed by atoms with Crippen LogP contribution in [0.15, 0.2) is 54.9 Å². The summed E-state index contributed by atoms with van der Waals surface area (Å²) in [5, 5.41) is 0. The Morgan fingerprint density at radius 1 is 1.08 bits per heavy atom. The van der Waals surface area contributed by atoms with Gasteiger partial charge in [-0.15, -0.1) is 0 Å². The van der Waals surface area contributed by atoms with Gasteiger partial charge in [0.2, 0.25) is 0 Å². The second-order valence-corrected chi connectivity index (χ2v) is 6.59. The molecule has 2 rings (SSSR count). The van der Waals surface area contributed by atoms with Gasteiger partial charge in [-0.2, -0.15) is 5.48 Å². The zero-order valence-corrected chi connectivity index (χ0v) is 14.7. The van der Waals surface area contributed by atoms with Crippen molar-refractivity contribution in [3.05, 3.63) is 66.0 Å². The number of carbonyl (C=O) groups excluding carboxylic acids is 2. The second kappa shape index (κ2) is 8.28. The van der Waals surface area contributed by atoms with E-state index in [1.807, 2.05) is 51.1 Å². The summed E-state index contributed by atoms with van der Waals surface area (Å²) in [7, 11) is 0. The molecule has 0 bridgehead atoms. The van der Waals surface area contributed by atoms with Crippen LogP contribution in [0.1, 0.15) is 36.7 Å². The molecule has 1 N–H and O–H groups in total. The molecule has 0 saturated carbocycles. The van der Waals surface area contributed by atoms with E-state index in [2.05, 4.69) is 10.5 Å². The standard InChI is InChI=1S/C19H23N3O3/c1-19(2,3)22(14-11-15-7-5-4-6-8-15)18(24)25-21-17(23)16-9-12-20-13-10-16/h4-10,12-13H,11,14H2,1-3H3,(H,21,23). The second-order valence-electron chi connectivity index (χ2n) is 6.59. The zero-order valence-electron chi connectivity index (χ0n) is 14.7. The maximum Gasteiger partial charge on any atom is 0.434 e. The molecule has 2 aromatic rings. The Kier molecular flexibility index (Phi) is 6.11.